The number of nitrogens with one attached hydrogen (secondary N) is 1. The number of alkyl halides is 2. The summed E-state index contributed by atoms with van der Waals surface area (Å²) in [5.74, 6) is -1.33. The summed E-state index contributed by atoms with van der Waals surface area (Å²) in [6, 6.07) is 5.50. The number of halogens is 2. The zero-order valence-corrected chi connectivity index (χ0v) is 14.8. The second-order valence-electron chi connectivity index (χ2n) is 7.00. The third-order valence-electron chi connectivity index (χ3n) is 5.06. The topological polar surface area (TPSA) is 72.9 Å². The highest BCUT2D eigenvalue weighted by molar-refractivity contribution is 5.82. The molecule has 0 saturated heterocycles. The molecule has 0 radical (unpaired) electrons. The molecule has 5 rings (SSSR count). The van der Waals surface area contributed by atoms with Gasteiger partial charge in [0.1, 0.15) is 11.3 Å². The van der Waals surface area contributed by atoms with Crippen LogP contribution in [0.5, 0.6) is 0 Å². The first-order chi connectivity index (χ1) is 12.9. The van der Waals surface area contributed by atoms with Gasteiger partial charge in [-0.15, -0.1) is 5.10 Å². The molecule has 138 valence electrons. The molecular formula is C18H17F2N7. The number of nitrogens with zero attached hydrogens (tertiary/aromatic N) is 6. The predicted molar refractivity (Wildman–Crippen MR) is 96.8 cm³/mol. The van der Waals surface area contributed by atoms with E-state index in [-0.39, 0.29) is 18.9 Å². The molecule has 0 aromatic carbocycles. The quantitative estimate of drug-likeness (QED) is 0.600. The van der Waals surface area contributed by atoms with Crippen LogP contribution in [0.3, 0.4) is 0 Å². The molecule has 1 aliphatic rings. The monoisotopic (exact) mass is 369 g/mol. The van der Waals surface area contributed by atoms with E-state index in [0.717, 1.165) is 33.8 Å². The highest BCUT2D eigenvalue weighted by atomic mass is 19.3. The Morgan fingerprint density at radius 3 is 2.78 bits per heavy atom. The lowest BCUT2D eigenvalue weighted by Gasteiger charge is -2.35. The van der Waals surface area contributed by atoms with Gasteiger partial charge in [-0.3, -0.25) is 0 Å². The van der Waals surface area contributed by atoms with Crippen LogP contribution < -0.4 is 5.32 Å². The van der Waals surface area contributed by atoms with Crippen molar-refractivity contribution in [2.75, 3.05) is 5.32 Å². The standard InChI is InChI=1S/C18H17F2N7/c1-10-22-14-4-3-13(24-16(14)26(10)2)12-5-6-27-15(12)9-21-17(25-27)23-11-7-18(19,20)8-11/h3-6,9,11H,7-8H2,1-2H3,(H,23,25). The van der Waals surface area contributed by atoms with Crippen LogP contribution in [0.15, 0.2) is 30.6 Å². The summed E-state index contributed by atoms with van der Waals surface area (Å²) in [6.45, 7) is 1.94. The van der Waals surface area contributed by atoms with Crippen LogP contribution in [0.2, 0.25) is 0 Å². The van der Waals surface area contributed by atoms with Crippen molar-refractivity contribution < 1.29 is 8.78 Å². The molecule has 0 amide bonds. The zero-order chi connectivity index (χ0) is 18.8. The summed E-state index contributed by atoms with van der Waals surface area (Å²) in [5, 5.41) is 7.34. The Labute approximate surface area is 153 Å². The van der Waals surface area contributed by atoms with E-state index in [1.165, 1.54) is 0 Å². The van der Waals surface area contributed by atoms with Crippen LogP contribution in [0.1, 0.15) is 18.7 Å². The molecule has 0 unspecified atom stereocenters. The molecule has 4 aromatic rings. The van der Waals surface area contributed by atoms with Crippen molar-refractivity contribution in [1.29, 1.82) is 0 Å². The van der Waals surface area contributed by atoms with E-state index in [1.807, 2.05) is 42.9 Å². The second-order valence-corrected chi connectivity index (χ2v) is 7.00. The van der Waals surface area contributed by atoms with Gasteiger partial charge in [0.15, 0.2) is 5.65 Å². The normalized spacial score (nSPS) is 16.7. The summed E-state index contributed by atoms with van der Waals surface area (Å²) in [5.41, 5.74) is 4.16. The molecule has 4 heterocycles. The summed E-state index contributed by atoms with van der Waals surface area (Å²) < 4.78 is 29.6. The molecule has 27 heavy (non-hydrogen) atoms. The first kappa shape index (κ1) is 16.1. The van der Waals surface area contributed by atoms with Crippen LogP contribution in [-0.2, 0) is 7.05 Å². The number of imidazole rings is 1. The molecule has 0 bridgehead atoms. The number of pyridine rings is 1. The van der Waals surface area contributed by atoms with Gasteiger partial charge in [-0.25, -0.2) is 28.2 Å². The van der Waals surface area contributed by atoms with Crippen molar-refractivity contribution in [3.8, 4) is 11.3 Å². The second kappa shape index (κ2) is 5.45. The minimum Gasteiger partial charge on any atom is -0.350 e. The van der Waals surface area contributed by atoms with E-state index in [4.69, 9.17) is 4.98 Å². The summed E-state index contributed by atoms with van der Waals surface area (Å²) >= 11 is 0. The summed E-state index contributed by atoms with van der Waals surface area (Å²) in [7, 11) is 1.93. The predicted octanol–water partition coefficient (Wildman–Crippen LogP) is 3.20. The molecule has 0 atom stereocenters. The lowest BCUT2D eigenvalue weighted by Crippen LogP contribution is -2.44. The van der Waals surface area contributed by atoms with Crippen LogP contribution in [0, 0.1) is 6.92 Å². The van der Waals surface area contributed by atoms with Crippen molar-refractivity contribution >= 4 is 22.6 Å². The summed E-state index contributed by atoms with van der Waals surface area (Å²) in [4.78, 5) is 13.5. The number of fused-ring (bicyclic) bond motifs is 2. The Kier molecular flexibility index (Phi) is 3.25. The molecule has 0 aliphatic heterocycles. The first-order valence-electron chi connectivity index (χ1n) is 8.69. The Hall–Kier alpha value is -3.10. The van der Waals surface area contributed by atoms with Crippen LogP contribution in [0.25, 0.3) is 27.9 Å². The van der Waals surface area contributed by atoms with Crippen LogP contribution in [-0.4, -0.2) is 41.1 Å². The van der Waals surface area contributed by atoms with Gasteiger partial charge in [0, 0.05) is 37.7 Å². The van der Waals surface area contributed by atoms with Gasteiger partial charge in [-0.2, -0.15) is 0 Å². The van der Waals surface area contributed by atoms with Crippen molar-refractivity contribution in [3.05, 3.63) is 36.4 Å². The largest absolute Gasteiger partial charge is 0.350 e. The molecule has 1 N–H and O–H groups in total. The highest BCUT2D eigenvalue weighted by Crippen LogP contribution is 2.38. The number of aromatic nitrogens is 6. The number of aryl methyl sites for hydroxylation is 2. The van der Waals surface area contributed by atoms with E-state index in [2.05, 4.69) is 20.4 Å². The number of hydrogen-bond donors (Lipinski definition) is 1. The average Bonchev–Trinajstić information content (AvgIpc) is 3.14. The van der Waals surface area contributed by atoms with Crippen LogP contribution in [0.4, 0.5) is 14.7 Å². The fourth-order valence-electron chi connectivity index (χ4n) is 3.46. The Morgan fingerprint density at radius 2 is 2.00 bits per heavy atom. The van der Waals surface area contributed by atoms with Crippen molar-refractivity contribution in [2.45, 2.75) is 31.7 Å². The Morgan fingerprint density at radius 1 is 1.19 bits per heavy atom. The van der Waals surface area contributed by atoms with Crippen LogP contribution >= 0.6 is 0 Å². The maximum absolute atomic E-state index is 13.0. The zero-order valence-electron chi connectivity index (χ0n) is 14.8. The maximum Gasteiger partial charge on any atom is 0.252 e. The lowest BCUT2D eigenvalue weighted by atomic mass is 9.88. The van der Waals surface area contributed by atoms with Gasteiger partial charge in [-0.05, 0) is 25.1 Å². The molecule has 1 aliphatic carbocycles. The van der Waals surface area contributed by atoms with E-state index < -0.39 is 5.92 Å². The van der Waals surface area contributed by atoms with Gasteiger partial charge in [0.2, 0.25) is 5.95 Å². The highest BCUT2D eigenvalue weighted by Gasteiger charge is 2.45. The third-order valence-corrected chi connectivity index (χ3v) is 5.06. The number of rotatable bonds is 3. The summed E-state index contributed by atoms with van der Waals surface area (Å²) in [6.07, 6.45) is 3.13. The van der Waals surface area contributed by atoms with Gasteiger partial charge >= 0.3 is 0 Å². The number of hydrogen-bond acceptors (Lipinski definition) is 5. The van der Waals surface area contributed by atoms with Gasteiger partial charge in [0.25, 0.3) is 5.92 Å². The van der Waals surface area contributed by atoms with Gasteiger partial charge in [0.05, 0.1) is 17.4 Å². The smallest absolute Gasteiger partial charge is 0.252 e. The Bertz CT molecular complexity index is 1170. The van der Waals surface area contributed by atoms with E-state index >= 15 is 0 Å². The molecule has 9 heteroatoms. The fourth-order valence-corrected chi connectivity index (χ4v) is 3.46. The van der Waals surface area contributed by atoms with E-state index in [9.17, 15) is 8.78 Å². The lowest BCUT2D eigenvalue weighted by molar-refractivity contribution is -0.0794. The van der Waals surface area contributed by atoms with Crippen molar-refractivity contribution in [2.24, 2.45) is 7.05 Å². The third kappa shape index (κ3) is 2.61. The molecular weight excluding hydrogens is 352 g/mol. The fraction of sp³-hybridized carbons (Fsp3) is 0.333. The van der Waals surface area contributed by atoms with Crippen molar-refractivity contribution in [1.82, 2.24) is 29.1 Å². The number of anilines is 1. The molecule has 7 nitrogen and oxygen atoms in total. The van der Waals surface area contributed by atoms with Crippen molar-refractivity contribution in [3.63, 3.8) is 0 Å². The van der Waals surface area contributed by atoms with E-state index in [0.29, 0.717) is 5.95 Å². The van der Waals surface area contributed by atoms with Gasteiger partial charge < -0.3 is 9.88 Å². The molecule has 1 saturated carbocycles. The minimum atomic E-state index is -2.57. The molecule has 1 fully saturated rings. The first-order valence-corrected chi connectivity index (χ1v) is 8.69. The molecule has 4 aromatic heterocycles. The average molecular weight is 369 g/mol. The van der Waals surface area contributed by atoms with E-state index in [1.54, 1.807) is 10.7 Å². The molecule has 0 spiro atoms. The SMILES string of the molecule is Cc1nc2ccc(-c3ccn4nc(NC5CC(F)(F)C5)ncc34)nc2n1C. The Balaban J connectivity index is 1.48. The van der Waals surface area contributed by atoms with Gasteiger partial charge in [-0.1, -0.05) is 0 Å². The minimum absolute atomic E-state index is 0.181. The maximum atomic E-state index is 13.0.